The molecule has 0 spiro atoms. The molecule has 88 valence electrons. The second-order valence-corrected chi connectivity index (χ2v) is 4.53. The van der Waals surface area contributed by atoms with E-state index in [1.165, 1.54) is 6.07 Å². The van der Waals surface area contributed by atoms with Gasteiger partial charge in [-0.15, -0.1) is 0 Å². The van der Waals surface area contributed by atoms with E-state index in [-0.39, 0.29) is 11.9 Å². The molecule has 16 heavy (non-hydrogen) atoms. The minimum atomic E-state index is -0.148. The minimum absolute atomic E-state index is 0.130. The van der Waals surface area contributed by atoms with E-state index in [1.54, 1.807) is 6.07 Å². The molecule has 1 fully saturated rings. The zero-order chi connectivity index (χ0) is 11.5. The van der Waals surface area contributed by atoms with E-state index in [0.29, 0.717) is 0 Å². The van der Waals surface area contributed by atoms with Gasteiger partial charge in [0.1, 0.15) is 5.82 Å². The van der Waals surface area contributed by atoms with Crippen LogP contribution in [0.5, 0.6) is 0 Å². The monoisotopic (exact) mass is 223 g/mol. The first kappa shape index (κ1) is 11.6. The van der Waals surface area contributed by atoms with Crippen molar-refractivity contribution in [3.63, 3.8) is 0 Å². The molecule has 0 unspecified atom stereocenters. The smallest absolute Gasteiger partial charge is 0.126 e. The summed E-state index contributed by atoms with van der Waals surface area (Å²) in [6.07, 6.45) is 1.51. The van der Waals surface area contributed by atoms with E-state index in [0.717, 1.165) is 43.6 Å². The summed E-state index contributed by atoms with van der Waals surface area (Å²) < 4.78 is 13.3. The zero-order valence-electron chi connectivity index (χ0n) is 9.62. The Bertz CT molecular complexity index is 359. The van der Waals surface area contributed by atoms with E-state index >= 15 is 0 Å². The average Bonchev–Trinajstić information content (AvgIpc) is 2.28. The maximum absolute atomic E-state index is 13.3. The van der Waals surface area contributed by atoms with Gasteiger partial charge < -0.3 is 5.11 Å². The Morgan fingerprint density at radius 2 is 2.06 bits per heavy atom. The van der Waals surface area contributed by atoms with Crippen molar-refractivity contribution >= 4 is 0 Å². The van der Waals surface area contributed by atoms with Gasteiger partial charge in [-0.05, 0) is 37.0 Å². The van der Waals surface area contributed by atoms with Crippen LogP contribution in [0.25, 0.3) is 0 Å². The van der Waals surface area contributed by atoms with Gasteiger partial charge in [0, 0.05) is 19.6 Å². The second-order valence-electron chi connectivity index (χ2n) is 4.53. The van der Waals surface area contributed by atoms with Crippen molar-refractivity contribution in [1.82, 2.24) is 4.90 Å². The fourth-order valence-electron chi connectivity index (χ4n) is 2.14. The van der Waals surface area contributed by atoms with Crippen LogP contribution in [-0.4, -0.2) is 29.2 Å². The molecule has 1 heterocycles. The molecule has 0 atom stereocenters. The zero-order valence-corrected chi connectivity index (χ0v) is 9.62. The van der Waals surface area contributed by atoms with E-state index < -0.39 is 0 Å². The normalized spacial score (nSPS) is 18.9. The first-order valence-corrected chi connectivity index (χ1v) is 5.81. The van der Waals surface area contributed by atoms with Gasteiger partial charge in [-0.25, -0.2) is 4.39 Å². The van der Waals surface area contributed by atoms with Crippen LogP contribution >= 0.6 is 0 Å². The first-order chi connectivity index (χ1) is 7.66. The lowest BCUT2D eigenvalue weighted by Gasteiger charge is -2.29. The highest BCUT2D eigenvalue weighted by atomic mass is 19.1. The summed E-state index contributed by atoms with van der Waals surface area (Å²) in [7, 11) is 0. The van der Waals surface area contributed by atoms with Crippen LogP contribution in [0, 0.1) is 12.7 Å². The number of piperidine rings is 1. The third-order valence-corrected chi connectivity index (χ3v) is 3.33. The van der Waals surface area contributed by atoms with Crippen LogP contribution in [0.4, 0.5) is 4.39 Å². The average molecular weight is 223 g/mol. The van der Waals surface area contributed by atoms with Gasteiger partial charge in [0.2, 0.25) is 0 Å². The molecule has 1 aliphatic heterocycles. The Labute approximate surface area is 95.7 Å². The number of likely N-dealkylation sites (tertiary alicyclic amines) is 1. The maximum atomic E-state index is 13.3. The highest BCUT2D eigenvalue weighted by molar-refractivity contribution is 5.27. The lowest BCUT2D eigenvalue weighted by atomic mass is 10.0. The van der Waals surface area contributed by atoms with Crippen LogP contribution < -0.4 is 0 Å². The Balaban J connectivity index is 2.01. The van der Waals surface area contributed by atoms with Crippen LogP contribution in [0.3, 0.4) is 0 Å². The second kappa shape index (κ2) is 4.93. The predicted octanol–water partition coefficient (Wildman–Crippen LogP) is 2.09. The van der Waals surface area contributed by atoms with Crippen molar-refractivity contribution in [3.05, 3.63) is 35.1 Å². The van der Waals surface area contributed by atoms with Crippen molar-refractivity contribution in [2.45, 2.75) is 32.4 Å². The lowest BCUT2D eigenvalue weighted by molar-refractivity contribution is 0.0791. The van der Waals surface area contributed by atoms with Crippen LogP contribution in [0.1, 0.15) is 24.0 Å². The Morgan fingerprint density at radius 3 is 2.75 bits per heavy atom. The molecule has 1 saturated heterocycles. The molecule has 0 saturated carbocycles. The largest absolute Gasteiger partial charge is 0.393 e. The number of rotatable bonds is 2. The SMILES string of the molecule is Cc1c(F)cccc1CN1CCC(O)CC1. The fourth-order valence-corrected chi connectivity index (χ4v) is 2.14. The molecule has 3 heteroatoms. The first-order valence-electron chi connectivity index (χ1n) is 5.81. The molecule has 1 N–H and O–H groups in total. The molecular formula is C13H18FNO. The number of halogens is 1. The van der Waals surface area contributed by atoms with Crippen LogP contribution in [0.15, 0.2) is 18.2 Å². The van der Waals surface area contributed by atoms with E-state index in [4.69, 9.17) is 0 Å². The number of aliphatic hydroxyl groups excluding tert-OH is 1. The van der Waals surface area contributed by atoms with Gasteiger partial charge in [-0.3, -0.25) is 4.90 Å². The van der Waals surface area contributed by atoms with Gasteiger partial charge in [0.25, 0.3) is 0 Å². The van der Waals surface area contributed by atoms with E-state index in [1.807, 2.05) is 13.0 Å². The minimum Gasteiger partial charge on any atom is -0.393 e. The number of hydrogen-bond acceptors (Lipinski definition) is 2. The number of aliphatic hydroxyl groups is 1. The van der Waals surface area contributed by atoms with Crippen molar-refractivity contribution < 1.29 is 9.50 Å². The van der Waals surface area contributed by atoms with Crippen LogP contribution in [0.2, 0.25) is 0 Å². The lowest BCUT2D eigenvalue weighted by Crippen LogP contribution is -2.35. The number of hydrogen-bond donors (Lipinski definition) is 1. The van der Waals surface area contributed by atoms with Crippen molar-refractivity contribution in [1.29, 1.82) is 0 Å². The Kier molecular flexibility index (Phi) is 3.56. The maximum Gasteiger partial charge on any atom is 0.126 e. The van der Waals surface area contributed by atoms with Gasteiger partial charge in [0.05, 0.1) is 6.10 Å². The van der Waals surface area contributed by atoms with Crippen molar-refractivity contribution in [3.8, 4) is 0 Å². The standard InChI is InChI=1S/C13H18FNO/c1-10-11(3-2-4-13(10)14)9-15-7-5-12(16)6-8-15/h2-4,12,16H,5-9H2,1H3. The van der Waals surface area contributed by atoms with Gasteiger partial charge >= 0.3 is 0 Å². The molecule has 0 amide bonds. The number of benzene rings is 1. The Hall–Kier alpha value is -0.930. The van der Waals surface area contributed by atoms with E-state index in [2.05, 4.69) is 4.90 Å². The van der Waals surface area contributed by atoms with Gasteiger partial charge in [0.15, 0.2) is 0 Å². The third-order valence-electron chi connectivity index (χ3n) is 3.33. The molecule has 0 bridgehead atoms. The summed E-state index contributed by atoms with van der Waals surface area (Å²) in [5.74, 6) is -0.130. The highest BCUT2D eigenvalue weighted by Gasteiger charge is 2.17. The van der Waals surface area contributed by atoms with Gasteiger partial charge in [-0.1, -0.05) is 12.1 Å². The van der Waals surface area contributed by atoms with Crippen molar-refractivity contribution in [2.24, 2.45) is 0 Å². The number of nitrogens with zero attached hydrogens (tertiary/aromatic N) is 1. The molecule has 1 aromatic rings. The summed E-state index contributed by atoms with van der Waals surface area (Å²) in [6.45, 7) is 4.41. The van der Waals surface area contributed by atoms with Crippen molar-refractivity contribution in [2.75, 3.05) is 13.1 Å². The summed E-state index contributed by atoms with van der Waals surface area (Å²) >= 11 is 0. The highest BCUT2D eigenvalue weighted by Crippen LogP contribution is 2.17. The molecule has 0 aliphatic carbocycles. The Morgan fingerprint density at radius 1 is 1.38 bits per heavy atom. The van der Waals surface area contributed by atoms with Gasteiger partial charge in [-0.2, -0.15) is 0 Å². The quantitative estimate of drug-likeness (QED) is 0.830. The van der Waals surface area contributed by atoms with E-state index in [9.17, 15) is 9.50 Å². The molecule has 2 nitrogen and oxygen atoms in total. The topological polar surface area (TPSA) is 23.5 Å². The summed E-state index contributed by atoms with van der Waals surface area (Å²) in [4.78, 5) is 2.27. The van der Waals surface area contributed by atoms with Crippen LogP contribution in [-0.2, 0) is 6.54 Å². The summed E-state index contributed by atoms with van der Waals surface area (Å²) in [5.41, 5.74) is 1.80. The third kappa shape index (κ3) is 2.60. The molecular weight excluding hydrogens is 205 g/mol. The summed E-state index contributed by atoms with van der Waals surface area (Å²) in [6, 6.07) is 5.23. The molecule has 1 aromatic carbocycles. The summed E-state index contributed by atoms with van der Waals surface area (Å²) in [5, 5.41) is 9.41. The molecule has 1 aliphatic rings. The predicted molar refractivity (Wildman–Crippen MR) is 61.7 cm³/mol. The fraction of sp³-hybridized carbons (Fsp3) is 0.538. The molecule has 0 radical (unpaired) electrons. The molecule has 2 rings (SSSR count). The molecule has 0 aromatic heterocycles.